The van der Waals surface area contributed by atoms with Crippen LogP contribution in [0.2, 0.25) is 0 Å². The summed E-state index contributed by atoms with van der Waals surface area (Å²) in [5, 5.41) is 12.7. The highest BCUT2D eigenvalue weighted by atomic mass is 32.1. The van der Waals surface area contributed by atoms with E-state index in [0.29, 0.717) is 45.8 Å². The fourth-order valence-corrected chi connectivity index (χ4v) is 11.5. The molecule has 2 heterocycles. The zero-order valence-electron chi connectivity index (χ0n) is 20.9. The van der Waals surface area contributed by atoms with Gasteiger partial charge in [-0.05, 0) is 24.3 Å². The van der Waals surface area contributed by atoms with E-state index in [0.717, 1.165) is 15.8 Å². The molecule has 2 aromatic rings. The van der Waals surface area contributed by atoms with Crippen LogP contribution in [0.1, 0.15) is 32.6 Å². The minimum absolute atomic E-state index is 0.399. The van der Waals surface area contributed by atoms with E-state index in [1.54, 1.807) is 6.20 Å². The Kier molecular flexibility index (Phi) is 12.2. The van der Waals surface area contributed by atoms with Crippen molar-refractivity contribution >= 4 is 32.0 Å². The first-order chi connectivity index (χ1) is 16.3. The number of anilines is 1. The Labute approximate surface area is 208 Å². The SMILES string of the molecule is CCNP(=O)(NCC)C(Cc1ccc(OCCN(C)c2ccccn2)s1)P(=O)(NCC)NCC. The summed E-state index contributed by atoms with van der Waals surface area (Å²) in [6, 6.07) is 9.71. The van der Waals surface area contributed by atoms with Crippen molar-refractivity contribution in [2.24, 2.45) is 0 Å². The summed E-state index contributed by atoms with van der Waals surface area (Å²) in [4.78, 5) is 7.36. The number of hydrogen-bond acceptors (Lipinski definition) is 6. The van der Waals surface area contributed by atoms with Gasteiger partial charge in [-0.2, -0.15) is 0 Å². The number of ether oxygens (including phenoxy) is 1. The molecular formula is C22H40N6O3P2S. The lowest BCUT2D eigenvalue weighted by Gasteiger charge is -2.34. The van der Waals surface area contributed by atoms with Crippen LogP contribution in [0.3, 0.4) is 0 Å². The van der Waals surface area contributed by atoms with Gasteiger partial charge in [0, 0.05) is 50.7 Å². The number of hydrogen-bond donors (Lipinski definition) is 4. The summed E-state index contributed by atoms with van der Waals surface area (Å²) in [5.74, 6) is 0.894. The molecule has 34 heavy (non-hydrogen) atoms. The van der Waals surface area contributed by atoms with Crippen molar-refractivity contribution < 1.29 is 13.9 Å². The number of aromatic nitrogens is 1. The van der Waals surface area contributed by atoms with Gasteiger partial charge in [0.15, 0.2) is 5.06 Å². The molecule has 0 fully saturated rings. The third-order valence-corrected chi connectivity index (χ3v) is 13.3. The highest BCUT2D eigenvalue weighted by molar-refractivity contribution is 7.78. The van der Waals surface area contributed by atoms with Crippen molar-refractivity contribution in [1.82, 2.24) is 25.3 Å². The predicted molar refractivity (Wildman–Crippen MR) is 145 cm³/mol. The second kappa shape index (κ2) is 14.3. The molecule has 0 unspecified atom stereocenters. The highest BCUT2D eigenvalue weighted by Gasteiger charge is 2.45. The standard InChI is InChI=1S/C22H40N6O3P2S/c1-6-24-32(29,25-7-2)22(33(30,26-8-3)27-9-4)18-19-13-14-21(34-19)31-17-16-28(5)20-12-10-11-15-23-20/h10-15,22H,6-9,16-18H2,1-5H3,(H2,24,25,29)(H2,26,27,30). The first-order valence-electron chi connectivity index (χ1n) is 11.8. The monoisotopic (exact) mass is 530 g/mol. The lowest BCUT2D eigenvalue weighted by Crippen LogP contribution is -2.38. The van der Waals surface area contributed by atoms with Gasteiger partial charge in [-0.3, -0.25) is 29.5 Å². The summed E-state index contributed by atoms with van der Waals surface area (Å²) < 4.78 is 34.0. The van der Waals surface area contributed by atoms with E-state index in [2.05, 4.69) is 25.3 Å². The molecule has 9 nitrogen and oxygen atoms in total. The summed E-state index contributed by atoms with van der Waals surface area (Å²) in [5.41, 5.74) is 0. The summed E-state index contributed by atoms with van der Waals surface area (Å²) in [6.07, 6.45) is 2.17. The van der Waals surface area contributed by atoms with Crippen LogP contribution in [0.25, 0.3) is 0 Å². The highest BCUT2D eigenvalue weighted by Crippen LogP contribution is 2.61. The molecule has 0 aliphatic rings. The van der Waals surface area contributed by atoms with E-state index in [-0.39, 0.29) is 0 Å². The second-order valence-electron chi connectivity index (χ2n) is 7.73. The van der Waals surface area contributed by atoms with Crippen molar-refractivity contribution in [2.75, 3.05) is 51.3 Å². The molecule has 192 valence electrons. The number of likely N-dealkylation sites (N-methyl/N-ethyl adjacent to an activating group) is 1. The van der Waals surface area contributed by atoms with Crippen LogP contribution in [0.4, 0.5) is 5.82 Å². The third-order valence-electron chi connectivity index (χ3n) is 5.14. The van der Waals surface area contributed by atoms with Gasteiger partial charge in [-0.1, -0.05) is 33.8 Å². The van der Waals surface area contributed by atoms with E-state index in [1.807, 2.05) is 70.0 Å². The smallest absolute Gasteiger partial charge is 0.224 e. The number of nitrogens with zero attached hydrogens (tertiary/aromatic N) is 2. The van der Waals surface area contributed by atoms with Crippen LogP contribution in [-0.2, 0) is 15.6 Å². The average Bonchev–Trinajstić information content (AvgIpc) is 3.26. The van der Waals surface area contributed by atoms with Crippen LogP contribution < -0.4 is 30.0 Å². The quantitative estimate of drug-likeness (QED) is 0.222. The van der Waals surface area contributed by atoms with Crippen molar-refractivity contribution in [3.05, 3.63) is 41.4 Å². The van der Waals surface area contributed by atoms with E-state index >= 15 is 0 Å². The van der Waals surface area contributed by atoms with Gasteiger partial charge in [0.25, 0.3) is 0 Å². The minimum atomic E-state index is -3.17. The van der Waals surface area contributed by atoms with Gasteiger partial charge in [-0.25, -0.2) is 4.98 Å². The molecule has 2 rings (SSSR count). The molecular weight excluding hydrogens is 490 g/mol. The van der Waals surface area contributed by atoms with Gasteiger partial charge >= 0.3 is 0 Å². The second-order valence-corrected chi connectivity index (χ2v) is 14.4. The molecule has 0 radical (unpaired) electrons. The lowest BCUT2D eigenvalue weighted by atomic mass is 10.4. The molecule has 0 atom stereocenters. The number of thiophene rings is 1. The predicted octanol–water partition coefficient (Wildman–Crippen LogP) is 4.35. The van der Waals surface area contributed by atoms with Gasteiger partial charge in [0.2, 0.25) is 14.9 Å². The Bertz CT molecular complexity index is 896. The molecule has 0 bridgehead atoms. The summed E-state index contributed by atoms with van der Waals surface area (Å²) >= 11 is 1.50. The van der Waals surface area contributed by atoms with Crippen molar-refractivity contribution in [1.29, 1.82) is 0 Å². The van der Waals surface area contributed by atoms with Crippen molar-refractivity contribution in [3.8, 4) is 5.06 Å². The van der Waals surface area contributed by atoms with Crippen LogP contribution in [0, 0.1) is 0 Å². The molecule has 4 N–H and O–H groups in total. The van der Waals surface area contributed by atoms with E-state index in [4.69, 9.17) is 4.74 Å². The zero-order valence-corrected chi connectivity index (χ0v) is 23.5. The molecule has 0 saturated heterocycles. The molecule has 12 heteroatoms. The largest absolute Gasteiger partial charge is 0.482 e. The average molecular weight is 531 g/mol. The maximum atomic E-state index is 14.0. The van der Waals surface area contributed by atoms with Crippen LogP contribution in [0.5, 0.6) is 5.06 Å². The Morgan fingerprint density at radius 2 is 1.53 bits per heavy atom. The summed E-state index contributed by atoms with van der Waals surface area (Å²) in [6.45, 7) is 10.9. The van der Waals surface area contributed by atoms with Crippen molar-refractivity contribution in [2.45, 2.75) is 39.5 Å². The maximum Gasteiger partial charge on any atom is 0.224 e. The third kappa shape index (κ3) is 8.16. The molecule has 0 aromatic carbocycles. The number of pyridine rings is 1. The zero-order chi connectivity index (χ0) is 25.0. The molecule has 0 spiro atoms. The van der Waals surface area contributed by atoms with Gasteiger partial charge in [-0.15, -0.1) is 11.3 Å². The molecule has 0 aliphatic carbocycles. The first kappa shape index (κ1) is 29.0. The molecule has 0 amide bonds. The van der Waals surface area contributed by atoms with Crippen LogP contribution in [-0.4, -0.2) is 56.8 Å². The van der Waals surface area contributed by atoms with E-state index < -0.39 is 20.3 Å². The maximum absolute atomic E-state index is 14.0. The van der Waals surface area contributed by atoms with Gasteiger partial charge in [0.05, 0.1) is 6.54 Å². The Morgan fingerprint density at radius 3 is 2.03 bits per heavy atom. The number of nitrogens with one attached hydrogen (secondary N) is 4. The Hall–Kier alpha value is -1.25. The van der Waals surface area contributed by atoms with Crippen LogP contribution in [0.15, 0.2) is 36.5 Å². The van der Waals surface area contributed by atoms with E-state index in [9.17, 15) is 9.13 Å². The first-order valence-corrected chi connectivity index (χ1v) is 16.2. The molecule has 2 aromatic heterocycles. The number of rotatable bonds is 17. The van der Waals surface area contributed by atoms with Crippen LogP contribution >= 0.6 is 26.2 Å². The van der Waals surface area contributed by atoms with Gasteiger partial charge in [0.1, 0.15) is 17.8 Å². The topological polar surface area (TPSA) is 108 Å². The lowest BCUT2D eigenvalue weighted by molar-refractivity contribution is 0.335. The molecule has 0 aliphatic heterocycles. The Morgan fingerprint density at radius 1 is 0.941 bits per heavy atom. The van der Waals surface area contributed by atoms with Gasteiger partial charge < -0.3 is 9.64 Å². The van der Waals surface area contributed by atoms with E-state index in [1.165, 1.54) is 11.3 Å². The fraction of sp³-hybridized carbons (Fsp3) is 0.591. The summed E-state index contributed by atoms with van der Waals surface area (Å²) in [7, 11) is -4.36. The normalized spacial score (nSPS) is 12.3. The Balaban J connectivity index is 2.15. The van der Waals surface area contributed by atoms with Crippen molar-refractivity contribution in [3.63, 3.8) is 0 Å². The fourth-order valence-electron chi connectivity index (χ4n) is 3.66. The minimum Gasteiger partial charge on any atom is -0.482 e. The molecule has 0 saturated carbocycles.